The van der Waals surface area contributed by atoms with Gasteiger partial charge in [0, 0.05) is 27.1 Å². The molecular weight excluding hydrogens is 644 g/mol. The smallest absolute Gasteiger partial charge is 0.260 e. The number of hydrazine groups is 1. The van der Waals surface area contributed by atoms with E-state index in [4.69, 9.17) is 23.2 Å². The summed E-state index contributed by atoms with van der Waals surface area (Å²) >= 11 is 12.8. The first kappa shape index (κ1) is 31.4. The number of nitrogens with zero attached hydrogens (tertiary/aromatic N) is 2. The normalized spacial score (nSPS) is 28.6. The number of likely N-dealkylation sites (tertiary alicyclic amines) is 1. The Balaban J connectivity index is 1.47. The second kappa shape index (κ2) is 10.9. The lowest BCUT2D eigenvalue weighted by atomic mass is 9.49. The van der Waals surface area contributed by atoms with Crippen LogP contribution >= 0.6 is 23.2 Å². The highest BCUT2D eigenvalue weighted by molar-refractivity contribution is 6.31. The van der Waals surface area contributed by atoms with Gasteiger partial charge in [-0.15, -0.1) is 0 Å². The molecule has 6 atom stereocenters. The van der Waals surface area contributed by atoms with E-state index in [2.05, 4.69) is 5.43 Å². The van der Waals surface area contributed by atoms with E-state index in [1.807, 2.05) is 26.8 Å². The maximum atomic E-state index is 15.1. The molecule has 4 aliphatic rings. The number of rotatable bonds is 4. The number of hydrogen-bond donors (Lipinski definition) is 2. The standard InChI is InChI=1S/C36H32Cl2FN3O5/c1-35(2,3)41-31(44)24-14-13-23-25(29(24)33(41)46)17-27-32(45)42(40-22-11-9-21(39)10-12-22)34(47)36(27,18-4-6-19(37)7-5-18)30(23)26-16-20(38)8-15-28(26)43/h4-13,15-16,24-25,27,29-30,40,43H,14,17H2,1-3H3/t24-,25+,27-,29-,30+,36+/m0/s1. The molecule has 3 aromatic rings. The minimum atomic E-state index is -1.61. The maximum absolute atomic E-state index is 15.1. The number of fused-ring (bicyclic) bond motifs is 4. The van der Waals surface area contributed by atoms with Gasteiger partial charge in [-0.05, 0) is 99.7 Å². The number of benzene rings is 3. The van der Waals surface area contributed by atoms with E-state index in [9.17, 15) is 23.9 Å². The summed E-state index contributed by atoms with van der Waals surface area (Å²) in [5.74, 6) is -6.26. The molecule has 8 nitrogen and oxygen atoms in total. The molecular formula is C36H32Cl2FN3O5. The number of anilines is 1. The Hall–Kier alpha value is -4.21. The minimum Gasteiger partial charge on any atom is -0.508 e. The first-order valence-electron chi connectivity index (χ1n) is 15.5. The van der Waals surface area contributed by atoms with Crippen LogP contribution in [0.2, 0.25) is 10.0 Å². The molecule has 0 unspecified atom stereocenters. The van der Waals surface area contributed by atoms with Gasteiger partial charge in [-0.1, -0.05) is 47.0 Å². The van der Waals surface area contributed by atoms with E-state index in [1.165, 1.54) is 41.3 Å². The van der Waals surface area contributed by atoms with Crippen LogP contribution in [0.3, 0.4) is 0 Å². The van der Waals surface area contributed by atoms with Crippen LogP contribution in [0.25, 0.3) is 0 Å². The molecule has 2 saturated heterocycles. The van der Waals surface area contributed by atoms with Crippen molar-refractivity contribution in [2.24, 2.45) is 23.7 Å². The summed E-state index contributed by atoms with van der Waals surface area (Å²) < 4.78 is 13.8. The average molecular weight is 677 g/mol. The number of phenolic OH excluding ortho intramolecular Hbond substituents is 1. The van der Waals surface area contributed by atoms with Crippen molar-refractivity contribution in [3.05, 3.63) is 105 Å². The molecule has 0 bridgehead atoms. The van der Waals surface area contributed by atoms with Gasteiger partial charge < -0.3 is 5.11 Å². The van der Waals surface area contributed by atoms with E-state index >= 15 is 4.79 Å². The van der Waals surface area contributed by atoms with Crippen LogP contribution in [0.4, 0.5) is 10.1 Å². The molecule has 47 heavy (non-hydrogen) atoms. The lowest BCUT2D eigenvalue weighted by Crippen LogP contribution is -2.53. The Kier molecular flexibility index (Phi) is 7.29. The number of carbonyl (C=O) groups excluding carboxylic acids is 4. The van der Waals surface area contributed by atoms with Crippen molar-refractivity contribution in [1.29, 1.82) is 0 Å². The molecule has 1 saturated carbocycles. The van der Waals surface area contributed by atoms with Crippen molar-refractivity contribution in [3.63, 3.8) is 0 Å². The zero-order chi connectivity index (χ0) is 33.6. The van der Waals surface area contributed by atoms with Crippen LogP contribution in [-0.4, -0.2) is 44.2 Å². The Bertz CT molecular complexity index is 1870. The number of amides is 4. The molecule has 2 N–H and O–H groups in total. The number of carbonyl (C=O) groups is 4. The fourth-order valence-electron chi connectivity index (χ4n) is 8.42. The number of phenols is 1. The van der Waals surface area contributed by atoms with Crippen LogP contribution in [-0.2, 0) is 24.6 Å². The summed E-state index contributed by atoms with van der Waals surface area (Å²) in [5.41, 5.74) is 2.35. The van der Waals surface area contributed by atoms with Gasteiger partial charge in [-0.25, -0.2) is 4.39 Å². The molecule has 2 heterocycles. The highest BCUT2D eigenvalue weighted by Crippen LogP contribution is 2.65. The van der Waals surface area contributed by atoms with Crippen molar-refractivity contribution >= 4 is 52.5 Å². The predicted molar refractivity (Wildman–Crippen MR) is 174 cm³/mol. The van der Waals surface area contributed by atoms with Gasteiger partial charge in [-0.3, -0.25) is 29.5 Å². The van der Waals surface area contributed by atoms with E-state index < -0.39 is 58.2 Å². The maximum Gasteiger partial charge on any atom is 0.260 e. The third-order valence-electron chi connectivity index (χ3n) is 10.2. The monoisotopic (exact) mass is 675 g/mol. The SMILES string of the molecule is CC(C)(C)N1C(=O)[C@H]2[C@H](CC=C3[C@H]2C[C@H]2C(=O)N(Nc4ccc(F)cc4)C(=O)[C@@]2(c2ccc(Cl)cc2)[C@H]3c2cc(Cl)ccc2O)C1=O. The first-order chi connectivity index (χ1) is 22.2. The van der Waals surface area contributed by atoms with Crippen LogP contribution in [0.5, 0.6) is 5.75 Å². The van der Waals surface area contributed by atoms with Gasteiger partial charge >= 0.3 is 0 Å². The van der Waals surface area contributed by atoms with Crippen LogP contribution in [0.1, 0.15) is 50.7 Å². The molecule has 2 aliphatic heterocycles. The molecule has 0 aromatic heterocycles. The number of halogens is 3. The molecule has 0 spiro atoms. The Morgan fingerprint density at radius 3 is 2.19 bits per heavy atom. The molecule has 3 aromatic carbocycles. The van der Waals surface area contributed by atoms with Gasteiger partial charge in [0.2, 0.25) is 11.8 Å². The summed E-state index contributed by atoms with van der Waals surface area (Å²) in [6.45, 7) is 5.43. The third kappa shape index (κ3) is 4.61. The highest BCUT2D eigenvalue weighted by atomic mass is 35.5. The topological polar surface area (TPSA) is 107 Å². The van der Waals surface area contributed by atoms with Crippen molar-refractivity contribution in [3.8, 4) is 5.75 Å². The largest absolute Gasteiger partial charge is 0.508 e. The Morgan fingerprint density at radius 2 is 1.53 bits per heavy atom. The van der Waals surface area contributed by atoms with Crippen LogP contribution < -0.4 is 5.43 Å². The summed E-state index contributed by atoms with van der Waals surface area (Å²) in [6.07, 6.45) is 2.26. The van der Waals surface area contributed by atoms with Crippen LogP contribution in [0, 0.1) is 29.5 Å². The quantitative estimate of drug-likeness (QED) is 0.238. The fourth-order valence-corrected chi connectivity index (χ4v) is 8.72. The molecule has 3 fully saturated rings. The predicted octanol–water partition coefficient (Wildman–Crippen LogP) is 6.62. The summed E-state index contributed by atoms with van der Waals surface area (Å²) in [5, 5.41) is 13.1. The molecule has 242 valence electrons. The van der Waals surface area contributed by atoms with E-state index in [0.29, 0.717) is 32.4 Å². The third-order valence-corrected chi connectivity index (χ3v) is 10.7. The van der Waals surface area contributed by atoms with E-state index in [-0.39, 0.29) is 30.4 Å². The number of nitrogens with one attached hydrogen (secondary N) is 1. The number of aromatic hydroxyl groups is 1. The van der Waals surface area contributed by atoms with Crippen molar-refractivity contribution in [2.75, 3.05) is 5.43 Å². The van der Waals surface area contributed by atoms with Gasteiger partial charge in [0.25, 0.3) is 11.8 Å². The average Bonchev–Trinajstić information content (AvgIpc) is 3.41. The number of allylic oxidation sites excluding steroid dienone is 2. The zero-order valence-electron chi connectivity index (χ0n) is 25.8. The fraction of sp³-hybridized carbons (Fsp3) is 0.333. The van der Waals surface area contributed by atoms with Gasteiger partial charge in [0.05, 0.1) is 28.9 Å². The second-order valence-corrected chi connectivity index (χ2v) is 14.6. The van der Waals surface area contributed by atoms with Crippen molar-refractivity contribution < 1.29 is 28.7 Å². The Labute approximate surface area is 281 Å². The summed E-state index contributed by atoms with van der Waals surface area (Å²) in [7, 11) is 0. The van der Waals surface area contributed by atoms with Crippen LogP contribution in [0.15, 0.2) is 78.4 Å². The highest BCUT2D eigenvalue weighted by Gasteiger charge is 2.71. The number of hydrogen-bond acceptors (Lipinski definition) is 6. The lowest BCUT2D eigenvalue weighted by molar-refractivity contribution is -0.146. The molecule has 4 amide bonds. The van der Waals surface area contributed by atoms with Crippen molar-refractivity contribution in [1.82, 2.24) is 9.91 Å². The Morgan fingerprint density at radius 1 is 0.872 bits per heavy atom. The molecule has 0 radical (unpaired) electrons. The lowest BCUT2D eigenvalue weighted by Gasteiger charge is -2.50. The minimum absolute atomic E-state index is 0.0939. The molecule has 2 aliphatic carbocycles. The van der Waals surface area contributed by atoms with E-state index in [1.54, 1.807) is 30.3 Å². The van der Waals surface area contributed by atoms with Crippen molar-refractivity contribution in [2.45, 2.75) is 50.5 Å². The molecule has 7 rings (SSSR count). The van der Waals surface area contributed by atoms with Gasteiger partial charge in [0.1, 0.15) is 11.6 Å². The molecule has 11 heteroatoms. The van der Waals surface area contributed by atoms with Gasteiger partial charge in [0.15, 0.2) is 0 Å². The van der Waals surface area contributed by atoms with Gasteiger partial charge in [-0.2, -0.15) is 5.01 Å². The van der Waals surface area contributed by atoms with E-state index in [0.717, 1.165) is 5.01 Å². The summed E-state index contributed by atoms with van der Waals surface area (Å²) in [4.78, 5) is 58.9. The number of imide groups is 2. The summed E-state index contributed by atoms with van der Waals surface area (Å²) in [6, 6.07) is 16.5. The first-order valence-corrected chi connectivity index (χ1v) is 16.2. The second-order valence-electron chi connectivity index (χ2n) is 13.8. The zero-order valence-corrected chi connectivity index (χ0v) is 27.3.